The zero-order valence-corrected chi connectivity index (χ0v) is 16.3. The van der Waals surface area contributed by atoms with E-state index >= 15 is 0 Å². The minimum Gasteiger partial charge on any atom is -0.355 e. The van der Waals surface area contributed by atoms with Gasteiger partial charge in [-0.05, 0) is 47.9 Å². The quantitative estimate of drug-likeness (QED) is 0.760. The second kappa shape index (κ2) is 7.55. The molecule has 0 saturated heterocycles. The number of rotatable bonds is 6. The van der Waals surface area contributed by atoms with E-state index in [9.17, 15) is 9.59 Å². The molecule has 2 amide bonds. The number of carbonyl (C=O) groups is 2. The number of anilines is 1. The van der Waals surface area contributed by atoms with Gasteiger partial charge in [-0.15, -0.1) is 0 Å². The summed E-state index contributed by atoms with van der Waals surface area (Å²) >= 11 is 0. The van der Waals surface area contributed by atoms with E-state index in [0.717, 1.165) is 12.1 Å². The van der Waals surface area contributed by atoms with E-state index < -0.39 is 5.41 Å². The average molecular weight is 364 g/mol. The van der Waals surface area contributed by atoms with Crippen LogP contribution in [-0.4, -0.2) is 18.4 Å². The number of hydrogen-bond acceptors (Lipinski definition) is 2. The molecule has 3 rings (SSSR count). The normalized spacial score (nSPS) is 15.1. The van der Waals surface area contributed by atoms with E-state index in [2.05, 4.69) is 31.4 Å². The fourth-order valence-corrected chi connectivity index (χ4v) is 3.12. The SMILES string of the molecule is CC(C)(C)c1ccc(NC(=O)C2(C(=O)NCCc3ccccc3)CC2)cc1. The summed E-state index contributed by atoms with van der Waals surface area (Å²) in [5, 5.41) is 5.84. The first-order valence-electron chi connectivity index (χ1n) is 9.55. The van der Waals surface area contributed by atoms with Crippen molar-refractivity contribution in [1.29, 1.82) is 0 Å². The number of hydrogen-bond donors (Lipinski definition) is 2. The third kappa shape index (κ3) is 4.57. The zero-order valence-electron chi connectivity index (χ0n) is 16.3. The molecule has 1 saturated carbocycles. The molecule has 4 heteroatoms. The molecular formula is C23H28N2O2. The molecule has 4 nitrogen and oxygen atoms in total. The third-order valence-electron chi connectivity index (χ3n) is 5.17. The Balaban J connectivity index is 1.55. The number of amides is 2. The van der Waals surface area contributed by atoms with E-state index in [1.54, 1.807) is 0 Å². The predicted octanol–water partition coefficient (Wildman–Crippen LogP) is 4.06. The lowest BCUT2D eigenvalue weighted by atomic mass is 9.87. The standard InChI is InChI=1S/C23H28N2O2/c1-22(2,3)18-9-11-19(12-10-18)25-21(27)23(14-15-23)20(26)24-16-13-17-7-5-4-6-8-17/h4-12H,13-16H2,1-3H3,(H,24,26)(H,25,27). The van der Waals surface area contributed by atoms with Crippen LogP contribution in [0.25, 0.3) is 0 Å². The summed E-state index contributed by atoms with van der Waals surface area (Å²) in [5.41, 5.74) is 2.28. The zero-order chi connectivity index (χ0) is 19.5. The lowest BCUT2D eigenvalue weighted by Crippen LogP contribution is -2.40. The summed E-state index contributed by atoms with van der Waals surface area (Å²) in [6.07, 6.45) is 1.98. The smallest absolute Gasteiger partial charge is 0.240 e. The van der Waals surface area contributed by atoms with E-state index in [-0.39, 0.29) is 17.2 Å². The van der Waals surface area contributed by atoms with Crippen LogP contribution < -0.4 is 10.6 Å². The first-order valence-corrected chi connectivity index (χ1v) is 9.55. The Morgan fingerprint density at radius 2 is 1.56 bits per heavy atom. The summed E-state index contributed by atoms with van der Waals surface area (Å²) in [6.45, 7) is 7.00. The minimum absolute atomic E-state index is 0.0683. The fourth-order valence-electron chi connectivity index (χ4n) is 3.12. The van der Waals surface area contributed by atoms with Crippen molar-refractivity contribution >= 4 is 17.5 Å². The van der Waals surface area contributed by atoms with Crippen LogP contribution in [0.3, 0.4) is 0 Å². The van der Waals surface area contributed by atoms with Gasteiger partial charge in [0.25, 0.3) is 0 Å². The Hall–Kier alpha value is -2.62. The van der Waals surface area contributed by atoms with Crippen LogP contribution in [0.2, 0.25) is 0 Å². The Bertz CT molecular complexity index is 801. The van der Waals surface area contributed by atoms with Crippen LogP contribution in [0.5, 0.6) is 0 Å². The van der Waals surface area contributed by atoms with Gasteiger partial charge in [0.1, 0.15) is 5.41 Å². The molecule has 0 atom stereocenters. The van der Waals surface area contributed by atoms with Gasteiger partial charge in [-0.25, -0.2) is 0 Å². The molecular weight excluding hydrogens is 336 g/mol. The monoisotopic (exact) mass is 364 g/mol. The topological polar surface area (TPSA) is 58.2 Å². The highest BCUT2D eigenvalue weighted by Crippen LogP contribution is 2.46. The molecule has 1 fully saturated rings. The van der Waals surface area contributed by atoms with Crippen molar-refractivity contribution in [1.82, 2.24) is 5.32 Å². The first-order chi connectivity index (χ1) is 12.8. The van der Waals surface area contributed by atoms with Crippen molar-refractivity contribution in [3.63, 3.8) is 0 Å². The van der Waals surface area contributed by atoms with Crippen molar-refractivity contribution in [2.75, 3.05) is 11.9 Å². The van der Waals surface area contributed by atoms with Gasteiger partial charge in [0.05, 0.1) is 0 Å². The van der Waals surface area contributed by atoms with Gasteiger partial charge in [-0.3, -0.25) is 9.59 Å². The van der Waals surface area contributed by atoms with Crippen molar-refractivity contribution < 1.29 is 9.59 Å². The van der Waals surface area contributed by atoms with E-state index in [4.69, 9.17) is 0 Å². The summed E-state index contributed by atoms with van der Waals surface area (Å²) in [4.78, 5) is 25.2. The molecule has 1 aliphatic rings. The van der Waals surface area contributed by atoms with Gasteiger partial charge < -0.3 is 10.6 Å². The molecule has 0 bridgehead atoms. The maximum absolute atomic E-state index is 12.7. The molecule has 0 radical (unpaired) electrons. The molecule has 0 unspecified atom stereocenters. The van der Waals surface area contributed by atoms with Crippen LogP contribution in [0, 0.1) is 5.41 Å². The van der Waals surface area contributed by atoms with Gasteiger partial charge in [-0.2, -0.15) is 0 Å². The predicted molar refractivity (Wildman–Crippen MR) is 109 cm³/mol. The van der Waals surface area contributed by atoms with Crippen molar-refractivity contribution in [3.8, 4) is 0 Å². The van der Waals surface area contributed by atoms with E-state index in [1.165, 1.54) is 11.1 Å². The third-order valence-corrected chi connectivity index (χ3v) is 5.17. The van der Waals surface area contributed by atoms with Crippen molar-refractivity contribution in [3.05, 3.63) is 65.7 Å². The van der Waals surface area contributed by atoms with E-state index in [1.807, 2.05) is 54.6 Å². The largest absolute Gasteiger partial charge is 0.355 e. The molecule has 142 valence electrons. The Kier molecular flexibility index (Phi) is 5.36. The summed E-state index contributed by atoms with van der Waals surface area (Å²) < 4.78 is 0. The maximum atomic E-state index is 12.7. The highest BCUT2D eigenvalue weighted by Gasteiger charge is 2.56. The molecule has 0 aliphatic heterocycles. The highest BCUT2D eigenvalue weighted by molar-refractivity contribution is 6.13. The summed E-state index contributed by atoms with van der Waals surface area (Å²) in [6, 6.07) is 17.9. The summed E-state index contributed by atoms with van der Waals surface area (Å²) in [7, 11) is 0. The Morgan fingerprint density at radius 1 is 0.926 bits per heavy atom. The lowest BCUT2D eigenvalue weighted by Gasteiger charge is -2.20. The van der Waals surface area contributed by atoms with Crippen LogP contribution in [0.15, 0.2) is 54.6 Å². The molecule has 0 aromatic heterocycles. The first kappa shape index (κ1) is 19.2. The number of nitrogens with one attached hydrogen (secondary N) is 2. The van der Waals surface area contributed by atoms with Gasteiger partial charge in [0.2, 0.25) is 11.8 Å². The van der Waals surface area contributed by atoms with Crippen LogP contribution in [0.1, 0.15) is 44.7 Å². The van der Waals surface area contributed by atoms with Gasteiger partial charge in [0, 0.05) is 12.2 Å². The second-order valence-electron chi connectivity index (χ2n) is 8.36. The number of benzene rings is 2. The van der Waals surface area contributed by atoms with E-state index in [0.29, 0.717) is 19.4 Å². The fraction of sp³-hybridized carbons (Fsp3) is 0.391. The average Bonchev–Trinajstić information content (AvgIpc) is 3.44. The second-order valence-corrected chi connectivity index (χ2v) is 8.36. The number of carbonyl (C=O) groups excluding carboxylic acids is 2. The molecule has 0 spiro atoms. The van der Waals surface area contributed by atoms with Crippen LogP contribution in [0.4, 0.5) is 5.69 Å². The lowest BCUT2D eigenvalue weighted by molar-refractivity contribution is -0.134. The van der Waals surface area contributed by atoms with Gasteiger partial charge in [-0.1, -0.05) is 63.2 Å². The molecule has 27 heavy (non-hydrogen) atoms. The summed E-state index contributed by atoms with van der Waals surface area (Å²) in [5.74, 6) is -0.370. The van der Waals surface area contributed by atoms with Crippen molar-refractivity contribution in [2.24, 2.45) is 5.41 Å². The molecule has 2 aromatic rings. The minimum atomic E-state index is -0.903. The maximum Gasteiger partial charge on any atom is 0.240 e. The molecule has 2 aromatic carbocycles. The molecule has 1 aliphatic carbocycles. The Morgan fingerprint density at radius 3 is 2.11 bits per heavy atom. The Labute approximate surface area is 161 Å². The molecule has 0 heterocycles. The highest BCUT2D eigenvalue weighted by atomic mass is 16.2. The van der Waals surface area contributed by atoms with Crippen LogP contribution in [-0.2, 0) is 21.4 Å². The van der Waals surface area contributed by atoms with Gasteiger partial charge in [0.15, 0.2) is 0 Å². The van der Waals surface area contributed by atoms with Crippen molar-refractivity contribution in [2.45, 2.75) is 45.4 Å². The van der Waals surface area contributed by atoms with Gasteiger partial charge >= 0.3 is 0 Å². The van der Waals surface area contributed by atoms with Crippen LogP contribution >= 0.6 is 0 Å². The molecule has 2 N–H and O–H groups in total.